The summed E-state index contributed by atoms with van der Waals surface area (Å²) in [5, 5.41) is 3.11. The van der Waals surface area contributed by atoms with Crippen LogP contribution in [0.3, 0.4) is 0 Å². The average Bonchev–Trinajstić information content (AvgIpc) is 2.63. The first-order chi connectivity index (χ1) is 8.06. The lowest BCUT2D eigenvalue weighted by atomic mass is 9.92. The van der Waals surface area contributed by atoms with E-state index in [2.05, 4.69) is 12.2 Å². The Bertz CT molecular complexity index is 386. The van der Waals surface area contributed by atoms with Gasteiger partial charge in [0.15, 0.2) is 0 Å². The van der Waals surface area contributed by atoms with Crippen molar-refractivity contribution in [3.63, 3.8) is 0 Å². The van der Waals surface area contributed by atoms with Gasteiger partial charge in [0, 0.05) is 17.0 Å². The van der Waals surface area contributed by atoms with E-state index in [0.29, 0.717) is 12.1 Å². The summed E-state index contributed by atoms with van der Waals surface area (Å²) < 4.78 is 0. The number of nitrogens with two attached hydrogens (primary N) is 1. The van der Waals surface area contributed by atoms with Gasteiger partial charge in [0.2, 0.25) is 0 Å². The molecule has 1 aliphatic rings. The highest BCUT2D eigenvalue weighted by molar-refractivity contribution is 7.14. The maximum atomic E-state index is 12.0. The maximum absolute atomic E-state index is 12.0. The van der Waals surface area contributed by atoms with Crippen molar-refractivity contribution in [2.24, 2.45) is 5.73 Å². The molecule has 3 nitrogen and oxygen atoms in total. The van der Waals surface area contributed by atoms with Crippen molar-refractivity contribution in [2.45, 2.75) is 51.6 Å². The first-order valence-corrected chi connectivity index (χ1v) is 7.01. The number of carbonyl (C=O) groups is 1. The van der Waals surface area contributed by atoms with E-state index < -0.39 is 0 Å². The van der Waals surface area contributed by atoms with E-state index in [1.54, 1.807) is 11.3 Å². The first-order valence-electron chi connectivity index (χ1n) is 6.19. The standard InChI is InChI=1S/C13H20N2OS/c1-8-7-12(17-9(8)2)13(16)15-11-5-3-10(14)4-6-11/h7,10-11H,3-6,14H2,1-2H3,(H,15,16). The van der Waals surface area contributed by atoms with Gasteiger partial charge in [-0.2, -0.15) is 0 Å². The van der Waals surface area contributed by atoms with Gasteiger partial charge in [0.1, 0.15) is 0 Å². The molecular formula is C13H20N2OS. The van der Waals surface area contributed by atoms with Crippen molar-refractivity contribution in [1.29, 1.82) is 0 Å². The second-order valence-electron chi connectivity index (χ2n) is 4.94. The van der Waals surface area contributed by atoms with Gasteiger partial charge >= 0.3 is 0 Å². The number of aryl methyl sites for hydroxylation is 2. The lowest BCUT2D eigenvalue weighted by Crippen LogP contribution is -2.40. The molecule has 1 aromatic rings. The van der Waals surface area contributed by atoms with Crippen LogP contribution < -0.4 is 11.1 Å². The molecule has 0 spiro atoms. The molecule has 0 saturated heterocycles. The molecule has 94 valence electrons. The molecule has 3 N–H and O–H groups in total. The van der Waals surface area contributed by atoms with Gasteiger partial charge in [0.25, 0.3) is 5.91 Å². The van der Waals surface area contributed by atoms with Crippen LogP contribution in [0.2, 0.25) is 0 Å². The molecule has 1 heterocycles. The topological polar surface area (TPSA) is 55.1 Å². The van der Waals surface area contributed by atoms with Crippen LogP contribution in [0.4, 0.5) is 0 Å². The minimum atomic E-state index is 0.0756. The van der Waals surface area contributed by atoms with E-state index in [-0.39, 0.29) is 5.91 Å². The fourth-order valence-electron chi connectivity index (χ4n) is 2.21. The molecular weight excluding hydrogens is 232 g/mol. The molecule has 0 aromatic carbocycles. The second-order valence-corrected chi connectivity index (χ2v) is 6.19. The highest BCUT2D eigenvalue weighted by Gasteiger charge is 2.21. The molecule has 0 unspecified atom stereocenters. The molecule has 17 heavy (non-hydrogen) atoms. The summed E-state index contributed by atoms with van der Waals surface area (Å²) in [7, 11) is 0. The molecule has 4 heteroatoms. The molecule has 0 atom stereocenters. The smallest absolute Gasteiger partial charge is 0.261 e. The van der Waals surface area contributed by atoms with Gasteiger partial charge in [-0.3, -0.25) is 4.79 Å². The van der Waals surface area contributed by atoms with Gasteiger partial charge in [-0.05, 0) is 51.2 Å². The Kier molecular flexibility index (Phi) is 3.84. The maximum Gasteiger partial charge on any atom is 0.261 e. The average molecular weight is 252 g/mol. The summed E-state index contributed by atoms with van der Waals surface area (Å²) in [6.45, 7) is 4.10. The number of thiophene rings is 1. The van der Waals surface area contributed by atoms with Crippen LogP contribution in [0, 0.1) is 13.8 Å². The number of hydrogen-bond donors (Lipinski definition) is 2. The summed E-state index contributed by atoms with van der Waals surface area (Å²) in [4.78, 5) is 14.1. The molecule has 0 aliphatic heterocycles. The monoisotopic (exact) mass is 252 g/mol. The number of nitrogens with one attached hydrogen (secondary N) is 1. The summed E-state index contributed by atoms with van der Waals surface area (Å²) in [6, 6.07) is 2.61. The molecule has 1 amide bonds. The predicted molar refractivity (Wildman–Crippen MR) is 71.5 cm³/mol. The Morgan fingerprint density at radius 2 is 2.00 bits per heavy atom. The highest BCUT2D eigenvalue weighted by atomic mass is 32.1. The zero-order chi connectivity index (χ0) is 12.4. The van der Waals surface area contributed by atoms with Gasteiger partial charge in [-0.15, -0.1) is 11.3 Å². The molecule has 1 aliphatic carbocycles. The van der Waals surface area contributed by atoms with E-state index in [1.807, 2.05) is 13.0 Å². The Morgan fingerprint density at radius 3 is 2.53 bits per heavy atom. The van der Waals surface area contributed by atoms with Crippen molar-refractivity contribution < 1.29 is 4.79 Å². The largest absolute Gasteiger partial charge is 0.349 e. The molecule has 0 bridgehead atoms. The van der Waals surface area contributed by atoms with E-state index in [4.69, 9.17) is 5.73 Å². The third kappa shape index (κ3) is 3.07. The fraction of sp³-hybridized carbons (Fsp3) is 0.615. The molecule has 1 saturated carbocycles. The van der Waals surface area contributed by atoms with E-state index in [1.165, 1.54) is 10.4 Å². The first kappa shape index (κ1) is 12.6. The van der Waals surface area contributed by atoms with E-state index in [0.717, 1.165) is 30.6 Å². The lowest BCUT2D eigenvalue weighted by molar-refractivity contribution is 0.0930. The van der Waals surface area contributed by atoms with Crippen LogP contribution in [0.5, 0.6) is 0 Å². The minimum absolute atomic E-state index is 0.0756. The summed E-state index contributed by atoms with van der Waals surface area (Å²) in [6.07, 6.45) is 4.06. The SMILES string of the molecule is Cc1cc(C(=O)NC2CCC(N)CC2)sc1C. The van der Waals surface area contributed by atoms with Gasteiger partial charge in [-0.25, -0.2) is 0 Å². The Hall–Kier alpha value is -0.870. The van der Waals surface area contributed by atoms with Crippen molar-refractivity contribution >= 4 is 17.2 Å². The molecule has 1 aromatic heterocycles. The van der Waals surface area contributed by atoms with Crippen molar-refractivity contribution in [3.05, 3.63) is 21.4 Å². The second kappa shape index (κ2) is 5.19. The summed E-state index contributed by atoms with van der Waals surface area (Å²) in [5.41, 5.74) is 7.05. The number of amides is 1. The molecule has 0 radical (unpaired) electrons. The third-order valence-corrected chi connectivity index (χ3v) is 4.65. The zero-order valence-corrected chi connectivity index (χ0v) is 11.3. The third-order valence-electron chi connectivity index (χ3n) is 3.50. The number of hydrogen-bond acceptors (Lipinski definition) is 3. The Labute approximate surface area is 106 Å². The van der Waals surface area contributed by atoms with E-state index >= 15 is 0 Å². The Morgan fingerprint density at radius 1 is 1.35 bits per heavy atom. The van der Waals surface area contributed by atoms with Crippen LogP contribution in [0.15, 0.2) is 6.07 Å². The summed E-state index contributed by atoms with van der Waals surface area (Å²) >= 11 is 1.57. The van der Waals surface area contributed by atoms with Crippen molar-refractivity contribution in [3.8, 4) is 0 Å². The van der Waals surface area contributed by atoms with Gasteiger partial charge in [0.05, 0.1) is 4.88 Å². The zero-order valence-electron chi connectivity index (χ0n) is 10.5. The molecule has 2 rings (SSSR count). The number of rotatable bonds is 2. The van der Waals surface area contributed by atoms with Gasteiger partial charge in [-0.1, -0.05) is 0 Å². The highest BCUT2D eigenvalue weighted by Crippen LogP contribution is 2.22. The van der Waals surface area contributed by atoms with Crippen LogP contribution in [0.25, 0.3) is 0 Å². The van der Waals surface area contributed by atoms with Crippen LogP contribution in [-0.4, -0.2) is 18.0 Å². The van der Waals surface area contributed by atoms with Crippen LogP contribution in [0.1, 0.15) is 45.8 Å². The van der Waals surface area contributed by atoms with Gasteiger partial charge < -0.3 is 11.1 Å². The normalized spacial score (nSPS) is 24.6. The van der Waals surface area contributed by atoms with E-state index in [9.17, 15) is 4.79 Å². The number of carbonyl (C=O) groups excluding carboxylic acids is 1. The van der Waals surface area contributed by atoms with Crippen molar-refractivity contribution in [2.75, 3.05) is 0 Å². The quantitative estimate of drug-likeness (QED) is 0.849. The fourth-order valence-corrected chi connectivity index (χ4v) is 3.14. The molecule has 1 fully saturated rings. The van der Waals surface area contributed by atoms with Crippen LogP contribution >= 0.6 is 11.3 Å². The van der Waals surface area contributed by atoms with Crippen molar-refractivity contribution in [1.82, 2.24) is 5.32 Å². The minimum Gasteiger partial charge on any atom is -0.349 e. The summed E-state index contributed by atoms with van der Waals surface area (Å²) in [5.74, 6) is 0.0756. The Balaban J connectivity index is 1.93. The van der Waals surface area contributed by atoms with Crippen LogP contribution in [-0.2, 0) is 0 Å². The predicted octanol–water partition coefficient (Wildman–Crippen LogP) is 2.36. The lowest BCUT2D eigenvalue weighted by Gasteiger charge is -2.26.